The number of aromatic nitrogens is 1. The van der Waals surface area contributed by atoms with Gasteiger partial charge in [0, 0.05) is 19.6 Å². The molecule has 0 spiro atoms. The van der Waals surface area contributed by atoms with E-state index in [9.17, 15) is 0 Å². The van der Waals surface area contributed by atoms with E-state index in [1.165, 1.54) is 11.3 Å². The monoisotopic (exact) mass is 228 g/mol. The largest absolute Gasteiger partial charge is 0.389 e. The molecular weight excluding hydrogens is 212 g/mol. The Morgan fingerprint density at radius 2 is 2.67 bits per heavy atom. The second-order valence-corrected chi connectivity index (χ2v) is 4.77. The van der Waals surface area contributed by atoms with Crippen molar-refractivity contribution in [1.82, 2.24) is 9.88 Å². The van der Waals surface area contributed by atoms with E-state index < -0.39 is 0 Å². The topological polar surface area (TPSA) is 63.4 Å². The number of hydrogen-bond donors (Lipinski definition) is 2. The molecule has 1 atom stereocenters. The first kappa shape index (κ1) is 10.7. The average Bonchev–Trinajstić information content (AvgIpc) is 2.62. The summed E-state index contributed by atoms with van der Waals surface area (Å²) in [7, 11) is 2.11. The highest BCUT2D eigenvalue weighted by Gasteiger charge is 2.17. The van der Waals surface area contributed by atoms with Crippen molar-refractivity contribution < 1.29 is 4.74 Å². The third kappa shape index (κ3) is 3.05. The molecule has 5 nitrogen and oxygen atoms in total. The van der Waals surface area contributed by atoms with Crippen LogP contribution in [-0.2, 0) is 4.74 Å². The van der Waals surface area contributed by atoms with Crippen LogP contribution in [0.3, 0.4) is 0 Å². The second kappa shape index (κ2) is 4.78. The maximum atomic E-state index is 5.62. The van der Waals surface area contributed by atoms with E-state index in [1.54, 1.807) is 6.20 Å². The number of nitrogens with two attached hydrogens (primary N) is 1. The Labute approximate surface area is 93.2 Å². The van der Waals surface area contributed by atoms with Gasteiger partial charge in [0.2, 0.25) is 0 Å². The molecule has 1 aromatic rings. The Morgan fingerprint density at radius 3 is 3.33 bits per heavy atom. The summed E-state index contributed by atoms with van der Waals surface area (Å²) in [6, 6.07) is 0. The highest BCUT2D eigenvalue weighted by Crippen LogP contribution is 2.19. The van der Waals surface area contributed by atoms with Crippen molar-refractivity contribution in [2.75, 3.05) is 44.3 Å². The van der Waals surface area contributed by atoms with Gasteiger partial charge in [-0.05, 0) is 7.05 Å². The number of thiazole rings is 1. The SMILES string of the molecule is CN1CCOC(CNc2ncc(N)s2)C1. The normalized spacial score (nSPS) is 22.9. The van der Waals surface area contributed by atoms with E-state index >= 15 is 0 Å². The lowest BCUT2D eigenvalue weighted by atomic mass is 10.3. The van der Waals surface area contributed by atoms with Gasteiger partial charge in [0.05, 0.1) is 18.9 Å². The summed E-state index contributed by atoms with van der Waals surface area (Å²) in [6.45, 7) is 3.58. The first-order valence-corrected chi connectivity index (χ1v) is 5.81. The lowest BCUT2D eigenvalue weighted by Gasteiger charge is -2.29. The van der Waals surface area contributed by atoms with Crippen LogP contribution in [0, 0.1) is 0 Å². The fourth-order valence-electron chi connectivity index (χ4n) is 1.56. The number of nitrogen functional groups attached to an aromatic ring is 1. The van der Waals surface area contributed by atoms with Crippen LogP contribution in [0.2, 0.25) is 0 Å². The van der Waals surface area contributed by atoms with Crippen LogP contribution in [0.15, 0.2) is 6.20 Å². The molecule has 0 radical (unpaired) electrons. The van der Waals surface area contributed by atoms with Crippen LogP contribution in [0.5, 0.6) is 0 Å². The van der Waals surface area contributed by atoms with Crippen LogP contribution >= 0.6 is 11.3 Å². The Bertz CT molecular complexity index is 317. The third-order valence-electron chi connectivity index (χ3n) is 2.35. The number of anilines is 2. The predicted molar refractivity (Wildman–Crippen MR) is 62.3 cm³/mol. The van der Waals surface area contributed by atoms with Crippen LogP contribution in [-0.4, -0.2) is 49.3 Å². The standard InChI is InChI=1S/C9H16N4OS/c1-13-2-3-14-7(6-13)4-11-9-12-5-8(10)15-9/h5,7H,2-4,6,10H2,1H3,(H,11,12). The molecule has 84 valence electrons. The zero-order valence-corrected chi connectivity index (χ0v) is 9.59. The minimum Gasteiger partial charge on any atom is -0.389 e. The van der Waals surface area contributed by atoms with Gasteiger partial charge in [-0.15, -0.1) is 0 Å². The van der Waals surface area contributed by atoms with Crippen molar-refractivity contribution in [3.8, 4) is 0 Å². The van der Waals surface area contributed by atoms with Crippen molar-refractivity contribution in [1.29, 1.82) is 0 Å². The van der Waals surface area contributed by atoms with Gasteiger partial charge in [-0.2, -0.15) is 0 Å². The van der Waals surface area contributed by atoms with Gasteiger partial charge in [0.25, 0.3) is 0 Å². The van der Waals surface area contributed by atoms with E-state index in [1.807, 2.05) is 0 Å². The summed E-state index contributed by atoms with van der Waals surface area (Å²) in [5.74, 6) is 0. The minimum absolute atomic E-state index is 0.244. The van der Waals surface area contributed by atoms with Crippen molar-refractivity contribution in [3.05, 3.63) is 6.20 Å². The first-order valence-electron chi connectivity index (χ1n) is 4.99. The lowest BCUT2D eigenvalue weighted by molar-refractivity contribution is -0.0117. The zero-order valence-electron chi connectivity index (χ0n) is 8.77. The molecule has 2 rings (SSSR count). The zero-order chi connectivity index (χ0) is 10.7. The average molecular weight is 228 g/mol. The van der Waals surface area contributed by atoms with Crippen LogP contribution in [0.1, 0.15) is 0 Å². The molecule has 0 amide bonds. The van der Waals surface area contributed by atoms with Crippen molar-refractivity contribution in [3.63, 3.8) is 0 Å². The summed E-state index contributed by atoms with van der Waals surface area (Å²) >= 11 is 1.46. The maximum absolute atomic E-state index is 5.62. The molecule has 1 aliphatic heterocycles. The van der Waals surface area contributed by atoms with Gasteiger partial charge < -0.3 is 20.7 Å². The maximum Gasteiger partial charge on any atom is 0.184 e. The Balaban J connectivity index is 1.77. The van der Waals surface area contributed by atoms with Crippen LogP contribution in [0.25, 0.3) is 0 Å². The van der Waals surface area contributed by atoms with Crippen molar-refractivity contribution in [2.24, 2.45) is 0 Å². The Kier molecular flexibility index (Phi) is 3.40. The summed E-state index contributed by atoms with van der Waals surface area (Å²) in [6.07, 6.45) is 1.91. The Hall–Kier alpha value is -0.850. The highest BCUT2D eigenvalue weighted by atomic mass is 32.1. The predicted octanol–water partition coefficient (Wildman–Crippen LogP) is 0.468. The minimum atomic E-state index is 0.244. The molecule has 2 heterocycles. The fraction of sp³-hybridized carbons (Fsp3) is 0.667. The number of ether oxygens (including phenoxy) is 1. The fourth-order valence-corrected chi connectivity index (χ4v) is 2.15. The van der Waals surface area contributed by atoms with Gasteiger partial charge in [-0.1, -0.05) is 11.3 Å². The molecule has 0 bridgehead atoms. The molecule has 1 aliphatic rings. The van der Waals surface area contributed by atoms with Gasteiger partial charge in [-0.25, -0.2) is 4.98 Å². The number of morpholine rings is 1. The molecular formula is C9H16N4OS. The number of likely N-dealkylation sites (N-methyl/N-ethyl adjacent to an activating group) is 1. The number of nitrogens with zero attached hydrogens (tertiary/aromatic N) is 2. The molecule has 1 unspecified atom stereocenters. The highest BCUT2D eigenvalue weighted by molar-refractivity contribution is 7.19. The van der Waals surface area contributed by atoms with E-state index in [0.29, 0.717) is 0 Å². The van der Waals surface area contributed by atoms with Crippen molar-refractivity contribution in [2.45, 2.75) is 6.10 Å². The van der Waals surface area contributed by atoms with Gasteiger partial charge in [0.1, 0.15) is 5.00 Å². The summed E-state index contributed by atoms with van der Waals surface area (Å²) in [5.41, 5.74) is 5.59. The van der Waals surface area contributed by atoms with Crippen LogP contribution < -0.4 is 11.1 Å². The number of rotatable bonds is 3. The summed E-state index contributed by atoms with van der Waals surface area (Å²) in [5, 5.41) is 4.83. The van der Waals surface area contributed by atoms with E-state index in [0.717, 1.165) is 36.4 Å². The quantitative estimate of drug-likeness (QED) is 0.787. The van der Waals surface area contributed by atoms with Gasteiger partial charge in [-0.3, -0.25) is 0 Å². The van der Waals surface area contributed by atoms with Gasteiger partial charge in [0.15, 0.2) is 5.13 Å². The summed E-state index contributed by atoms with van der Waals surface area (Å²) < 4.78 is 5.62. The third-order valence-corrected chi connectivity index (χ3v) is 3.13. The van der Waals surface area contributed by atoms with Gasteiger partial charge >= 0.3 is 0 Å². The molecule has 0 saturated carbocycles. The Morgan fingerprint density at radius 1 is 1.80 bits per heavy atom. The number of hydrogen-bond acceptors (Lipinski definition) is 6. The van der Waals surface area contributed by atoms with Crippen molar-refractivity contribution >= 4 is 21.5 Å². The molecule has 1 saturated heterocycles. The smallest absolute Gasteiger partial charge is 0.184 e. The first-order chi connectivity index (χ1) is 7.24. The number of nitrogens with one attached hydrogen (secondary N) is 1. The summed E-state index contributed by atoms with van der Waals surface area (Å²) in [4.78, 5) is 6.40. The molecule has 6 heteroatoms. The molecule has 1 fully saturated rings. The lowest BCUT2D eigenvalue weighted by Crippen LogP contribution is -2.43. The molecule has 0 aliphatic carbocycles. The molecule has 1 aromatic heterocycles. The molecule has 3 N–H and O–H groups in total. The van der Waals surface area contributed by atoms with E-state index in [-0.39, 0.29) is 6.10 Å². The molecule has 15 heavy (non-hydrogen) atoms. The molecule has 0 aromatic carbocycles. The second-order valence-electron chi connectivity index (χ2n) is 3.70. The van der Waals surface area contributed by atoms with E-state index in [4.69, 9.17) is 10.5 Å². The van der Waals surface area contributed by atoms with E-state index in [2.05, 4.69) is 22.2 Å². The van der Waals surface area contributed by atoms with Crippen LogP contribution in [0.4, 0.5) is 10.1 Å².